The maximum absolute atomic E-state index is 8.42. The second-order valence-corrected chi connectivity index (χ2v) is 1.82. The lowest BCUT2D eigenvalue weighted by Crippen LogP contribution is -1.91. The average Bonchev–Trinajstić information content (AvgIpc) is 2.05. The van der Waals surface area contributed by atoms with E-state index in [4.69, 9.17) is 11.1 Å². The Morgan fingerprint density at radius 2 is 2.30 bits per heavy atom. The smallest absolute Gasteiger partial charge is 0.0992 e. The van der Waals surface area contributed by atoms with Crippen molar-refractivity contribution >= 4 is 5.69 Å². The Hall–Kier alpha value is -1.53. The molecule has 0 saturated heterocycles. The molecular weight excluding hydrogens is 126 g/mol. The van der Waals surface area contributed by atoms with Crippen LogP contribution in [-0.2, 0) is 0 Å². The van der Waals surface area contributed by atoms with Gasteiger partial charge < -0.3 is 5.43 Å². The SMILES string of the molecule is N#Cc1cccc(N[NH])c1. The van der Waals surface area contributed by atoms with E-state index >= 15 is 0 Å². The molecule has 1 aromatic rings. The number of nitrogens with one attached hydrogen (secondary N) is 2. The summed E-state index contributed by atoms with van der Waals surface area (Å²) in [5.41, 5.74) is 3.41. The molecule has 0 aliphatic carbocycles. The van der Waals surface area contributed by atoms with Crippen LogP contribution in [0.4, 0.5) is 5.69 Å². The van der Waals surface area contributed by atoms with Crippen molar-refractivity contribution in [1.29, 1.82) is 5.26 Å². The molecule has 2 N–H and O–H groups in total. The molecule has 0 amide bonds. The minimum Gasteiger partial charge on any atom is -0.307 e. The third-order valence-electron chi connectivity index (χ3n) is 1.14. The highest BCUT2D eigenvalue weighted by molar-refractivity contribution is 5.47. The van der Waals surface area contributed by atoms with Gasteiger partial charge in [0.2, 0.25) is 0 Å². The first-order valence-electron chi connectivity index (χ1n) is 2.79. The van der Waals surface area contributed by atoms with Crippen molar-refractivity contribution in [2.45, 2.75) is 0 Å². The number of benzene rings is 1. The predicted molar refractivity (Wildman–Crippen MR) is 37.9 cm³/mol. The van der Waals surface area contributed by atoms with Crippen molar-refractivity contribution in [2.75, 3.05) is 5.43 Å². The zero-order valence-electron chi connectivity index (χ0n) is 5.26. The Balaban J connectivity index is 3.01. The Bertz CT molecular complexity index is 262. The van der Waals surface area contributed by atoms with E-state index in [0.717, 1.165) is 0 Å². The molecule has 0 fully saturated rings. The summed E-state index contributed by atoms with van der Waals surface area (Å²) in [4.78, 5) is 0. The first kappa shape index (κ1) is 6.59. The van der Waals surface area contributed by atoms with Gasteiger partial charge in [0.1, 0.15) is 0 Å². The molecule has 0 unspecified atom stereocenters. The van der Waals surface area contributed by atoms with Gasteiger partial charge in [0.05, 0.1) is 17.3 Å². The van der Waals surface area contributed by atoms with E-state index in [1.807, 2.05) is 6.07 Å². The molecule has 0 aliphatic rings. The number of hydrogen-bond acceptors (Lipinski definition) is 2. The summed E-state index contributed by atoms with van der Waals surface area (Å²) in [7, 11) is 0. The fourth-order valence-corrected chi connectivity index (χ4v) is 0.666. The molecule has 3 heteroatoms. The van der Waals surface area contributed by atoms with Crippen LogP contribution in [0.5, 0.6) is 0 Å². The van der Waals surface area contributed by atoms with E-state index < -0.39 is 0 Å². The zero-order chi connectivity index (χ0) is 7.40. The van der Waals surface area contributed by atoms with Crippen LogP contribution in [0.15, 0.2) is 24.3 Å². The van der Waals surface area contributed by atoms with Gasteiger partial charge in [-0.05, 0) is 18.2 Å². The van der Waals surface area contributed by atoms with Crippen molar-refractivity contribution in [1.82, 2.24) is 5.84 Å². The average molecular weight is 132 g/mol. The molecule has 0 aliphatic heterocycles. The minimum atomic E-state index is 0.567. The monoisotopic (exact) mass is 132 g/mol. The molecule has 3 nitrogen and oxygen atoms in total. The van der Waals surface area contributed by atoms with Crippen LogP contribution in [0.25, 0.3) is 0 Å². The van der Waals surface area contributed by atoms with Gasteiger partial charge in [-0.1, -0.05) is 6.07 Å². The normalized spacial score (nSPS) is 8.40. The summed E-state index contributed by atoms with van der Waals surface area (Å²) in [6, 6.07) is 8.75. The van der Waals surface area contributed by atoms with Crippen LogP contribution >= 0.6 is 0 Å². The Kier molecular flexibility index (Phi) is 1.88. The lowest BCUT2D eigenvalue weighted by molar-refractivity contribution is 1.29. The number of nitriles is 1. The van der Waals surface area contributed by atoms with Crippen LogP contribution in [0.3, 0.4) is 0 Å². The van der Waals surface area contributed by atoms with Crippen LogP contribution in [0.1, 0.15) is 5.56 Å². The quantitative estimate of drug-likeness (QED) is 0.583. The third-order valence-corrected chi connectivity index (χ3v) is 1.14. The van der Waals surface area contributed by atoms with E-state index in [1.165, 1.54) is 0 Å². The molecule has 49 valence electrons. The number of anilines is 1. The van der Waals surface area contributed by atoms with Gasteiger partial charge >= 0.3 is 0 Å². The molecule has 0 spiro atoms. The molecule has 1 aromatic carbocycles. The summed E-state index contributed by atoms with van der Waals surface area (Å²) in [6.45, 7) is 0. The van der Waals surface area contributed by atoms with Gasteiger partial charge in [0.15, 0.2) is 0 Å². The topological polar surface area (TPSA) is 59.6 Å². The fourth-order valence-electron chi connectivity index (χ4n) is 0.666. The molecule has 0 heterocycles. The van der Waals surface area contributed by atoms with Crippen molar-refractivity contribution < 1.29 is 0 Å². The van der Waals surface area contributed by atoms with E-state index in [0.29, 0.717) is 11.3 Å². The van der Waals surface area contributed by atoms with Gasteiger partial charge in [-0.15, -0.1) is 0 Å². The summed E-state index contributed by atoms with van der Waals surface area (Å²) in [5.74, 6) is 6.76. The van der Waals surface area contributed by atoms with Crippen LogP contribution in [0.2, 0.25) is 0 Å². The van der Waals surface area contributed by atoms with Crippen molar-refractivity contribution in [2.24, 2.45) is 0 Å². The Morgan fingerprint density at radius 1 is 1.50 bits per heavy atom. The molecule has 1 radical (unpaired) electrons. The van der Waals surface area contributed by atoms with Gasteiger partial charge in [0.25, 0.3) is 0 Å². The second kappa shape index (κ2) is 2.85. The summed E-state index contributed by atoms with van der Waals surface area (Å²) >= 11 is 0. The first-order chi connectivity index (χ1) is 4.86. The molecular formula is C7H6N3. The van der Waals surface area contributed by atoms with Gasteiger partial charge in [0, 0.05) is 0 Å². The van der Waals surface area contributed by atoms with Crippen LogP contribution < -0.4 is 11.3 Å². The number of hydrogen-bond donors (Lipinski definition) is 1. The maximum Gasteiger partial charge on any atom is 0.0992 e. The van der Waals surface area contributed by atoms with E-state index in [2.05, 4.69) is 5.43 Å². The fraction of sp³-hybridized carbons (Fsp3) is 0. The van der Waals surface area contributed by atoms with Crippen LogP contribution in [0, 0.1) is 11.3 Å². The molecule has 0 saturated carbocycles. The number of rotatable bonds is 1. The highest BCUT2D eigenvalue weighted by Crippen LogP contribution is 2.07. The van der Waals surface area contributed by atoms with E-state index in [-0.39, 0.29) is 0 Å². The largest absolute Gasteiger partial charge is 0.307 e. The molecule has 0 bridgehead atoms. The molecule has 0 atom stereocenters. The highest BCUT2D eigenvalue weighted by atomic mass is 15.2. The second-order valence-electron chi connectivity index (χ2n) is 1.82. The van der Waals surface area contributed by atoms with Gasteiger partial charge in [-0.3, -0.25) is 0 Å². The van der Waals surface area contributed by atoms with Crippen molar-refractivity contribution in [3.8, 4) is 6.07 Å². The summed E-state index contributed by atoms with van der Waals surface area (Å²) in [6.07, 6.45) is 0. The highest BCUT2D eigenvalue weighted by Gasteiger charge is 1.89. The first-order valence-corrected chi connectivity index (χ1v) is 2.79. The minimum absolute atomic E-state index is 0.567. The van der Waals surface area contributed by atoms with Crippen LogP contribution in [-0.4, -0.2) is 0 Å². The predicted octanol–water partition coefficient (Wildman–Crippen LogP) is 1.17. The zero-order valence-corrected chi connectivity index (χ0v) is 5.26. The van der Waals surface area contributed by atoms with Gasteiger partial charge in [-0.25, -0.2) is 0 Å². The third kappa shape index (κ3) is 1.24. The molecule has 10 heavy (non-hydrogen) atoms. The van der Waals surface area contributed by atoms with Crippen molar-refractivity contribution in [3.05, 3.63) is 29.8 Å². The summed E-state index contributed by atoms with van der Waals surface area (Å²) < 4.78 is 0. The maximum atomic E-state index is 8.42. The standard InChI is InChI=1S/C7H6N3/c8-5-6-2-1-3-7(4-6)10-9/h1-4,9-10H. The molecule has 1 rings (SSSR count). The number of nitrogens with zero attached hydrogens (tertiary/aromatic N) is 1. The lowest BCUT2D eigenvalue weighted by Gasteiger charge is -1.95. The van der Waals surface area contributed by atoms with E-state index in [1.54, 1.807) is 24.3 Å². The van der Waals surface area contributed by atoms with Gasteiger partial charge in [-0.2, -0.15) is 11.1 Å². The Morgan fingerprint density at radius 3 is 2.90 bits per heavy atom. The Labute approximate surface area is 59.0 Å². The van der Waals surface area contributed by atoms with E-state index in [9.17, 15) is 0 Å². The summed E-state index contributed by atoms with van der Waals surface area (Å²) in [5, 5.41) is 8.42. The van der Waals surface area contributed by atoms with Crippen molar-refractivity contribution in [3.63, 3.8) is 0 Å². The molecule has 0 aromatic heterocycles. The lowest BCUT2D eigenvalue weighted by atomic mass is 10.2.